The van der Waals surface area contributed by atoms with Gasteiger partial charge in [0.2, 0.25) is 5.91 Å². The molecule has 1 saturated heterocycles. The lowest BCUT2D eigenvalue weighted by molar-refractivity contribution is -0.132. The fourth-order valence-electron chi connectivity index (χ4n) is 2.41. The molecular formula is C14H24Cl2N4O. The molecule has 1 aliphatic rings. The summed E-state index contributed by atoms with van der Waals surface area (Å²) in [5.41, 5.74) is 7.00. The molecule has 1 aromatic heterocycles. The van der Waals surface area contributed by atoms with Crippen LogP contribution in [-0.2, 0) is 11.2 Å². The Balaban J connectivity index is 0.00000200. The van der Waals surface area contributed by atoms with Crippen LogP contribution in [0, 0.1) is 0 Å². The number of rotatable bonds is 3. The summed E-state index contributed by atoms with van der Waals surface area (Å²) in [4.78, 5) is 20.6. The standard InChI is InChI=1S/C14H22N4O.2ClH/c1-17(2)13-4-3-7-18(10-13)14(19)8-12-6-5-11(15)9-16-12;;/h5-6,9,13H,3-4,7-8,10,15H2,1-2H3;2*1H. The molecule has 1 aromatic rings. The molecule has 5 nitrogen and oxygen atoms in total. The Morgan fingerprint density at radius 1 is 1.43 bits per heavy atom. The van der Waals surface area contributed by atoms with Crippen LogP contribution in [0.2, 0.25) is 0 Å². The number of nitrogens with two attached hydrogens (primary N) is 1. The Morgan fingerprint density at radius 2 is 2.14 bits per heavy atom. The minimum absolute atomic E-state index is 0. The summed E-state index contributed by atoms with van der Waals surface area (Å²) < 4.78 is 0. The number of carbonyl (C=O) groups excluding carboxylic acids is 1. The Kier molecular flexibility index (Phi) is 8.63. The number of nitrogen functional groups attached to an aromatic ring is 1. The van der Waals surface area contributed by atoms with Gasteiger partial charge in [-0.25, -0.2) is 0 Å². The van der Waals surface area contributed by atoms with Crippen LogP contribution < -0.4 is 5.73 Å². The highest BCUT2D eigenvalue weighted by Crippen LogP contribution is 2.15. The molecule has 1 fully saturated rings. The van der Waals surface area contributed by atoms with Crippen molar-refractivity contribution >= 4 is 36.4 Å². The summed E-state index contributed by atoms with van der Waals surface area (Å²) >= 11 is 0. The zero-order chi connectivity index (χ0) is 13.8. The minimum atomic E-state index is 0. The number of nitrogens with zero attached hydrogens (tertiary/aromatic N) is 3. The SMILES string of the molecule is CN(C)C1CCCN(C(=O)Cc2ccc(N)cn2)C1.Cl.Cl. The van der Waals surface area contributed by atoms with Gasteiger partial charge in [0.1, 0.15) is 0 Å². The van der Waals surface area contributed by atoms with E-state index >= 15 is 0 Å². The number of anilines is 1. The average Bonchev–Trinajstić information content (AvgIpc) is 2.41. The van der Waals surface area contributed by atoms with E-state index in [0.29, 0.717) is 18.2 Å². The molecule has 2 heterocycles. The van der Waals surface area contributed by atoms with Gasteiger partial charge in [-0.15, -0.1) is 24.8 Å². The van der Waals surface area contributed by atoms with Gasteiger partial charge in [-0.05, 0) is 39.1 Å². The molecule has 21 heavy (non-hydrogen) atoms. The molecule has 0 radical (unpaired) electrons. The fourth-order valence-corrected chi connectivity index (χ4v) is 2.41. The number of hydrogen-bond donors (Lipinski definition) is 1. The molecule has 1 atom stereocenters. The molecular weight excluding hydrogens is 311 g/mol. The first kappa shape index (κ1) is 20.0. The number of likely N-dealkylation sites (N-methyl/N-ethyl adjacent to an activating group) is 1. The average molecular weight is 335 g/mol. The van der Waals surface area contributed by atoms with E-state index in [4.69, 9.17) is 5.73 Å². The number of piperidine rings is 1. The first-order chi connectivity index (χ1) is 9.06. The van der Waals surface area contributed by atoms with Crippen LogP contribution in [0.5, 0.6) is 0 Å². The van der Waals surface area contributed by atoms with Crippen molar-refractivity contribution in [3.8, 4) is 0 Å². The van der Waals surface area contributed by atoms with Gasteiger partial charge in [0.05, 0.1) is 18.3 Å². The molecule has 1 amide bonds. The fraction of sp³-hybridized carbons (Fsp3) is 0.571. The van der Waals surface area contributed by atoms with Gasteiger partial charge in [-0.2, -0.15) is 0 Å². The Morgan fingerprint density at radius 3 is 2.71 bits per heavy atom. The summed E-state index contributed by atoms with van der Waals surface area (Å²) in [6.07, 6.45) is 4.20. The van der Waals surface area contributed by atoms with E-state index in [0.717, 1.165) is 31.6 Å². The Bertz CT molecular complexity index is 439. The van der Waals surface area contributed by atoms with Gasteiger partial charge in [0.25, 0.3) is 0 Å². The van der Waals surface area contributed by atoms with Crippen molar-refractivity contribution in [2.45, 2.75) is 25.3 Å². The van der Waals surface area contributed by atoms with Crippen LogP contribution in [0.3, 0.4) is 0 Å². The zero-order valence-electron chi connectivity index (χ0n) is 12.5. The highest BCUT2D eigenvalue weighted by atomic mass is 35.5. The van der Waals surface area contributed by atoms with Crippen molar-refractivity contribution in [2.24, 2.45) is 0 Å². The van der Waals surface area contributed by atoms with E-state index in [9.17, 15) is 4.79 Å². The number of amides is 1. The van der Waals surface area contributed by atoms with Gasteiger partial charge < -0.3 is 15.5 Å². The highest BCUT2D eigenvalue weighted by molar-refractivity contribution is 5.85. The van der Waals surface area contributed by atoms with Crippen molar-refractivity contribution < 1.29 is 4.79 Å². The molecule has 1 aliphatic heterocycles. The van der Waals surface area contributed by atoms with Crippen LogP contribution in [0.15, 0.2) is 18.3 Å². The predicted molar refractivity (Wildman–Crippen MR) is 90.1 cm³/mol. The van der Waals surface area contributed by atoms with Crippen molar-refractivity contribution in [3.63, 3.8) is 0 Å². The second kappa shape index (κ2) is 9.07. The van der Waals surface area contributed by atoms with Crippen molar-refractivity contribution in [3.05, 3.63) is 24.0 Å². The summed E-state index contributed by atoms with van der Waals surface area (Å²) in [5.74, 6) is 0.156. The van der Waals surface area contributed by atoms with Crippen LogP contribution >= 0.6 is 24.8 Å². The Labute approximate surface area is 138 Å². The lowest BCUT2D eigenvalue weighted by Crippen LogP contribution is -2.48. The minimum Gasteiger partial charge on any atom is -0.397 e. The van der Waals surface area contributed by atoms with Crippen LogP contribution in [0.25, 0.3) is 0 Å². The van der Waals surface area contributed by atoms with Gasteiger partial charge in [-0.1, -0.05) is 0 Å². The van der Waals surface area contributed by atoms with Crippen LogP contribution in [-0.4, -0.2) is 53.9 Å². The number of aromatic nitrogens is 1. The second-order valence-electron chi connectivity index (χ2n) is 5.36. The van der Waals surface area contributed by atoms with E-state index in [-0.39, 0.29) is 30.7 Å². The summed E-state index contributed by atoms with van der Waals surface area (Å²) in [5, 5.41) is 0. The number of carbonyl (C=O) groups is 1. The van der Waals surface area contributed by atoms with E-state index in [1.165, 1.54) is 0 Å². The predicted octanol–water partition coefficient (Wildman–Crippen LogP) is 1.60. The van der Waals surface area contributed by atoms with Crippen molar-refractivity contribution in [2.75, 3.05) is 32.9 Å². The molecule has 1 unspecified atom stereocenters. The topological polar surface area (TPSA) is 62.5 Å². The van der Waals surface area contributed by atoms with E-state index < -0.39 is 0 Å². The van der Waals surface area contributed by atoms with Gasteiger partial charge in [-0.3, -0.25) is 9.78 Å². The summed E-state index contributed by atoms with van der Waals surface area (Å²) in [6, 6.07) is 4.08. The van der Waals surface area contributed by atoms with Gasteiger partial charge >= 0.3 is 0 Å². The molecule has 0 saturated carbocycles. The third-order valence-electron chi connectivity index (χ3n) is 3.66. The third kappa shape index (κ3) is 5.69. The molecule has 7 heteroatoms. The zero-order valence-corrected chi connectivity index (χ0v) is 14.1. The van der Waals surface area contributed by atoms with Gasteiger partial charge in [0.15, 0.2) is 0 Å². The molecule has 0 bridgehead atoms. The number of likely N-dealkylation sites (tertiary alicyclic amines) is 1. The molecule has 0 aromatic carbocycles. The van der Waals surface area contributed by atoms with E-state index in [1.807, 2.05) is 11.0 Å². The van der Waals surface area contributed by atoms with Crippen LogP contribution in [0.4, 0.5) is 5.69 Å². The first-order valence-electron chi connectivity index (χ1n) is 6.71. The molecule has 0 aliphatic carbocycles. The molecule has 120 valence electrons. The largest absolute Gasteiger partial charge is 0.397 e. The lowest BCUT2D eigenvalue weighted by Gasteiger charge is -2.36. The van der Waals surface area contributed by atoms with Crippen LogP contribution in [0.1, 0.15) is 18.5 Å². The number of halogens is 2. The van der Waals surface area contributed by atoms with E-state index in [1.54, 1.807) is 12.3 Å². The maximum atomic E-state index is 12.3. The normalized spacial score (nSPS) is 17.9. The highest BCUT2D eigenvalue weighted by Gasteiger charge is 2.24. The van der Waals surface area contributed by atoms with Gasteiger partial charge in [0, 0.05) is 24.8 Å². The number of pyridine rings is 1. The lowest BCUT2D eigenvalue weighted by atomic mass is 10.0. The maximum Gasteiger partial charge on any atom is 0.228 e. The van der Waals surface area contributed by atoms with Crippen molar-refractivity contribution in [1.29, 1.82) is 0 Å². The first-order valence-corrected chi connectivity index (χ1v) is 6.71. The smallest absolute Gasteiger partial charge is 0.228 e. The number of hydrogen-bond acceptors (Lipinski definition) is 4. The summed E-state index contributed by atoms with van der Waals surface area (Å²) in [6.45, 7) is 1.68. The second-order valence-corrected chi connectivity index (χ2v) is 5.36. The molecule has 0 spiro atoms. The summed E-state index contributed by atoms with van der Waals surface area (Å²) in [7, 11) is 4.14. The molecule has 2 rings (SSSR count). The molecule has 2 N–H and O–H groups in total. The van der Waals surface area contributed by atoms with E-state index in [2.05, 4.69) is 24.0 Å². The third-order valence-corrected chi connectivity index (χ3v) is 3.66. The quantitative estimate of drug-likeness (QED) is 0.911. The van der Waals surface area contributed by atoms with Crippen molar-refractivity contribution in [1.82, 2.24) is 14.8 Å². The monoisotopic (exact) mass is 334 g/mol. The maximum absolute atomic E-state index is 12.3. The Hall–Kier alpha value is -1.04.